The molecule has 0 saturated heterocycles. The Balaban J connectivity index is 1.96. The van der Waals surface area contributed by atoms with Crippen LogP contribution in [0.2, 0.25) is 0 Å². The molecule has 0 saturated carbocycles. The van der Waals surface area contributed by atoms with Crippen LogP contribution in [-0.4, -0.2) is 32.8 Å². The number of rotatable bonds is 6. The zero-order valence-electron chi connectivity index (χ0n) is 10.9. The summed E-state index contributed by atoms with van der Waals surface area (Å²) in [4.78, 5) is 0. The first-order chi connectivity index (χ1) is 8.77. The number of nitrogens with zero attached hydrogens (tertiary/aromatic N) is 4. The van der Waals surface area contributed by atoms with Gasteiger partial charge < -0.3 is 5.32 Å². The molecule has 0 aliphatic rings. The van der Waals surface area contributed by atoms with Crippen molar-refractivity contribution in [2.24, 2.45) is 0 Å². The fraction of sp³-hybridized carbons (Fsp3) is 0.462. The molecule has 18 heavy (non-hydrogen) atoms. The Kier molecular flexibility index (Phi) is 4.41. The number of hydrogen-bond donors (Lipinski definition) is 1. The van der Waals surface area contributed by atoms with Gasteiger partial charge >= 0.3 is 0 Å². The van der Waals surface area contributed by atoms with Gasteiger partial charge in [0.05, 0.1) is 5.69 Å². The van der Waals surface area contributed by atoms with Crippen molar-refractivity contribution >= 4 is 0 Å². The quantitative estimate of drug-likeness (QED) is 0.785. The topological polar surface area (TPSA) is 55.6 Å². The average molecular weight is 245 g/mol. The lowest BCUT2D eigenvalue weighted by molar-refractivity contribution is 0.563. The first-order valence-electron chi connectivity index (χ1n) is 6.33. The highest BCUT2D eigenvalue weighted by atomic mass is 15.5. The summed E-state index contributed by atoms with van der Waals surface area (Å²) in [6, 6.07) is 10.5. The monoisotopic (exact) mass is 245 g/mol. The van der Waals surface area contributed by atoms with E-state index in [1.54, 1.807) is 4.68 Å². The third kappa shape index (κ3) is 3.37. The van der Waals surface area contributed by atoms with E-state index in [0.29, 0.717) is 6.04 Å². The minimum absolute atomic E-state index is 0.523. The molecule has 5 nitrogen and oxygen atoms in total. The van der Waals surface area contributed by atoms with Crippen molar-refractivity contribution in [2.75, 3.05) is 6.54 Å². The smallest absolute Gasteiger partial charge is 0.156 e. The van der Waals surface area contributed by atoms with Gasteiger partial charge in [-0.2, -0.15) is 4.68 Å². The molecule has 0 atom stereocenters. The SMILES string of the molecule is CC(C)NCCCc1nnnn1-c1ccccc1. The van der Waals surface area contributed by atoms with Gasteiger partial charge in [-0.05, 0) is 35.5 Å². The molecule has 0 radical (unpaired) electrons. The maximum atomic E-state index is 4.08. The highest BCUT2D eigenvalue weighted by Crippen LogP contribution is 2.08. The van der Waals surface area contributed by atoms with Gasteiger partial charge in [0.15, 0.2) is 5.82 Å². The van der Waals surface area contributed by atoms with E-state index in [9.17, 15) is 0 Å². The van der Waals surface area contributed by atoms with Crippen molar-refractivity contribution in [2.45, 2.75) is 32.7 Å². The lowest BCUT2D eigenvalue weighted by Crippen LogP contribution is -2.24. The molecule has 0 fully saturated rings. The Bertz CT molecular complexity index is 463. The zero-order chi connectivity index (χ0) is 12.8. The molecule has 96 valence electrons. The van der Waals surface area contributed by atoms with Gasteiger partial charge in [-0.15, -0.1) is 5.10 Å². The second-order valence-corrected chi connectivity index (χ2v) is 4.55. The van der Waals surface area contributed by atoms with Crippen molar-refractivity contribution in [3.8, 4) is 5.69 Å². The maximum Gasteiger partial charge on any atom is 0.156 e. The number of nitrogens with one attached hydrogen (secondary N) is 1. The van der Waals surface area contributed by atoms with Crippen molar-refractivity contribution in [1.82, 2.24) is 25.5 Å². The lowest BCUT2D eigenvalue weighted by atomic mass is 10.2. The molecule has 0 bridgehead atoms. The van der Waals surface area contributed by atoms with Crippen LogP contribution < -0.4 is 5.32 Å². The fourth-order valence-corrected chi connectivity index (χ4v) is 1.77. The first kappa shape index (κ1) is 12.7. The molecule has 0 aliphatic carbocycles. The highest BCUT2D eigenvalue weighted by Gasteiger charge is 2.07. The first-order valence-corrected chi connectivity index (χ1v) is 6.33. The van der Waals surface area contributed by atoms with Crippen molar-refractivity contribution in [3.05, 3.63) is 36.2 Å². The second-order valence-electron chi connectivity index (χ2n) is 4.55. The van der Waals surface area contributed by atoms with Crippen LogP contribution in [0.4, 0.5) is 0 Å². The van der Waals surface area contributed by atoms with Gasteiger partial charge in [0.25, 0.3) is 0 Å². The van der Waals surface area contributed by atoms with Gasteiger partial charge in [-0.25, -0.2) is 0 Å². The maximum absolute atomic E-state index is 4.08. The summed E-state index contributed by atoms with van der Waals surface area (Å²) in [7, 11) is 0. The molecule has 0 unspecified atom stereocenters. The molecule has 2 rings (SSSR count). The third-order valence-electron chi connectivity index (χ3n) is 2.66. The second kappa shape index (κ2) is 6.26. The Morgan fingerprint density at radius 2 is 2.00 bits per heavy atom. The average Bonchev–Trinajstić information content (AvgIpc) is 2.84. The lowest BCUT2D eigenvalue weighted by Gasteiger charge is -2.07. The van der Waals surface area contributed by atoms with E-state index in [1.165, 1.54) is 0 Å². The predicted molar refractivity (Wildman–Crippen MR) is 70.6 cm³/mol. The summed E-state index contributed by atoms with van der Waals surface area (Å²) in [5.74, 6) is 0.909. The van der Waals surface area contributed by atoms with Crippen LogP contribution in [-0.2, 0) is 6.42 Å². The van der Waals surface area contributed by atoms with Crippen LogP contribution >= 0.6 is 0 Å². The number of para-hydroxylation sites is 1. The standard InChI is InChI=1S/C13H19N5/c1-11(2)14-10-6-9-13-15-16-17-18(13)12-7-4-3-5-8-12/h3-5,7-8,11,14H,6,9-10H2,1-2H3. The van der Waals surface area contributed by atoms with E-state index in [4.69, 9.17) is 0 Å². The summed E-state index contributed by atoms with van der Waals surface area (Å²) < 4.78 is 1.80. The molecule has 1 heterocycles. The number of aryl methyl sites for hydroxylation is 1. The summed E-state index contributed by atoms with van der Waals surface area (Å²) in [5, 5.41) is 15.3. The summed E-state index contributed by atoms with van der Waals surface area (Å²) in [5.41, 5.74) is 1.01. The van der Waals surface area contributed by atoms with Crippen LogP contribution in [0, 0.1) is 0 Å². The highest BCUT2D eigenvalue weighted by molar-refractivity contribution is 5.30. The van der Waals surface area contributed by atoms with Gasteiger partial charge in [-0.1, -0.05) is 32.0 Å². The van der Waals surface area contributed by atoms with Gasteiger partial charge in [-0.3, -0.25) is 0 Å². The van der Waals surface area contributed by atoms with E-state index in [-0.39, 0.29) is 0 Å². The molecular formula is C13H19N5. The van der Waals surface area contributed by atoms with Gasteiger partial charge in [0.1, 0.15) is 0 Å². The third-order valence-corrected chi connectivity index (χ3v) is 2.66. The van der Waals surface area contributed by atoms with Crippen LogP contribution in [0.5, 0.6) is 0 Å². The van der Waals surface area contributed by atoms with E-state index in [0.717, 1.165) is 30.9 Å². The number of aromatic nitrogens is 4. The molecule has 0 aliphatic heterocycles. The van der Waals surface area contributed by atoms with Crippen LogP contribution in [0.15, 0.2) is 30.3 Å². The molecule has 1 N–H and O–H groups in total. The fourth-order valence-electron chi connectivity index (χ4n) is 1.77. The van der Waals surface area contributed by atoms with Gasteiger partial charge in [0, 0.05) is 12.5 Å². The summed E-state index contributed by atoms with van der Waals surface area (Å²) in [6.07, 6.45) is 1.91. The number of hydrogen-bond acceptors (Lipinski definition) is 4. The van der Waals surface area contributed by atoms with E-state index in [1.807, 2.05) is 30.3 Å². The molecule has 1 aromatic carbocycles. The molecule has 5 heteroatoms. The molecule has 2 aromatic rings. The normalized spacial score (nSPS) is 11.1. The largest absolute Gasteiger partial charge is 0.315 e. The van der Waals surface area contributed by atoms with Crippen LogP contribution in [0.25, 0.3) is 5.69 Å². The zero-order valence-corrected chi connectivity index (χ0v) is 10.9. The van der Waals surface area contributed by atoms with E-state index >= 15 is 0 Å². The van der Waals surface area contributed by atoms with Crippen molar-refractivity contribution in [3.63, 3.8) is 0 Å². The minimum Gasteiger partial charge on any atom is -0.315 e. The number of benzene rings is 1. The predicted octanol–water partition coefficient (Wildman–Crippen LogP) is 1.59. The van der Waals surface area contributed by atoms with E-state index < -0.39 is 0 Å². The Labute approximate surface area is 107 Å². The van der Waals surface area contributed by atoms with Gasteiger partial charge in [0.2, 0.25) is 0 Å². The number of tetrazole rings is 1. The van der Waals surface area contributed by atoms with Crippen molar-refractivity contribution < 1.29 is 0 Å². The van der Waals surface area contributed by atoms with E-state index in [2.05, 4.69) is 34.7 Å². The minimum atomic E-state index is 0.523. The molecule has 0 amide bonds. The van der Waals surface area contributed by atoms with Crippen molar-refractivity contribution in [1.29, 1.82) is 0 Å². The van der Waals surface area contributed by atoms with Crippen LogP contribution in [0.1, 0.15) is 26.1 Å². The van der Waals surface area contributed by atoms with Crippen LogP contribution in [0.3, 0.4) is 0 Å². The summed E-state index contributed by atoms with van der Waals surface area (Å²) in [6.45, 7) is 5.28. The Morgan fingerprint density at radius 1 is 1.22 bits per heavy atom. The molecular weight excluding hydrogens is 226 g/mol. The Hall–Kier alpha value is -1.75. The molecule has 1 aromatic heterocycles. The molecule has 0 spiro atoms. The Morgan fingerprint density at radius 3 is 2.72 bits per heavy atom. The summed E-state index contributed by atoms with van der Waals surface area (Å²) >= 11 is 0.